The van der Waals surface area contributed by atoms with Gasteiger partial charge in [-0.1, -0.05) is 17.7 Å². The molecule has 0 unspecified atom stereocenters. The predicted octanol–water partition coefficient (Wildman–Crippen LogP) is 2.39. The SMILES string of the molecule is CC(C)S(=O)(=O)N(C)CCOc1cccc(Cl)c1. The number of ether oxygens (including phenoxy) is 1. The predicted molar refractivity (Wildman–Crippen MR) is 73.6 cm³/mol. The molecule has 0 aromatic heterocycles. The number of halogens is 1. The molecule has 6 heteroatoms. The fourth-order valence-electron chi connectivity index (χ4n) is 1.34. The van der Waals surface area contributed by atoms with Gasteiger partial charge in [-0.15, -0.1) is 0 Å². The van der Waals surface area contributed by atoms with Crippen molar-refractivity contribution >= 4 is 21.6 Å². The van der Waals surface area contributed by atoms with Crippen molar-refractivity contribution in [2.24, 2.45) is 0 Å². The summed E-state index contributed by atoms with van der Waals surface area (Å²) in [7, 11) is -1.66. The lowest BCUT2D eigenvalue weighted by Gasteiger charge is -2.19. The molecule has 0 atom stereocenters. The van der Waals surface area contributed by atoms with Crippen molar-refractivity contribution in [3.05, 3.63) is 29.3 Å². The Balaban J connectivity index is 2.48. The monoisotopic (exact) mass is 291 g/mol. The number of sulfonamides is 1. The molecule has 0 spiro atoms. The van der Waals surface area contributed by atoms with Crippen molar-refractivity contribution in [1.29, 1.82) is 0 Å². The molecule has 0 bridgehead atoms. The van der Waals surface area contributed by atoms with Gasteiger partial charge in [-0.05, 0) is 32.0 Å². The molecule has 18 heavy (non-hydrogen) atoms. The van der Waals surface area contributed by atoms with E-state index >= 15 is 0 Å². The molecule has 0 radical (unpaired) electrons. The van der Waals surface area contributed by atoms with Crippen LogP contribution in [0.15, 0.2) is 24.3 Å². The lowest BCUT2D eigenvalue weighted by atomic mass is 10.3. The van der Waals surface area contributed by atoms with Gasteiger partial charge >= 0.3 is 0 Å². The van der Waals surface area contributed by atoms with E-state index in [1.165, 1.54) is 4.31 Å². The molecule has 1 aromatic carbocycles. The van der Waals surface area contributed by atoms with E-state index in [0.29, 0.717) is 23.9 Å². The molecule has 1 rings (SSSR count). The van der Waals surface area contributed by atoms with E-state index in [9.17, 15) is 8.42 Å². The van der Waals surface area contributed by atoms with E-state index in [0.717, 1.165) is 0 Å². The minimum Gasteiger partial charge on any atom is -0.492 e. The van der Waals surface area contributed by atoms with Crippen LogP contribution in [0, 0.1) is 0 Å². The van der Waals surface area contributed by atoms with Crippen LogP contribution in [0.2, 0.25) is 5.02 Å². The largest absolute Gasteiger partial charge is 0.492 e. The number of hydrogen-bond donors (Lipinski definition) is 0. The Morgan fingerprint density at radius 3 is 2.61 bits per heavy atom. The Morgan fingerprint density at radius 2 is 2.06 bits per heavy atom. The third-order valence-corrected chi connectivity index (χ3v) is 4.98. The van der Waals surface area contributed by atoms with Crippen LogP contribution in [0.5, 0.6) is 5.75 Å². The van der Waals surface area contributed by atoms with E-state index in [1.54, 1.807) is 45.2 Å². The van der Waals surface area contributed by atoms with Gasteiger partial charge in [-0.2, -0.15) is 0 Å². The van der Waals surface area contributed by atoms with E-state index in [-0.39, 0.29) is 0 Å². The van der Waals surface area contributed by atoms with Crippen LogP contribution in [-0.2, 0) is 10.0 Å². The number of rotatable bonds is 6. The zero-order chi connectivity index (χ0) is 13.8. The van der Waals surface area contributed by atoms with Gasteiger partial charge in [0.2, 0.25) is 10.0 Å². The third-order valence-electron chi connectivity index (χ3n) is 2.50. The summed E-state index contributed by atoms with van der Waals surface area (Å²) in [5, 5.41) is 0.171. The van der Waals surface area contributed by atoms with Crippen LogP contribution in [0.1, 0.15) is 13.8 Å². The summed E-state index contributed by atoms with van der Waals surface area (Å²) in [4.78, 5) is 0. The second-order valence-electron chi connectivity index (χ2n) is 4.22. The first-order chi connectivity index (χ1) is 8.34. The van der Waals surface area contributed by atoms with Gasteiger partial charge < -0.3 is 4.74 Å². The summed E-state index contributed by atoms with van der Waals surface area (Å²) in [6.07, 6.45) is 0. The summed E-state index contributed by atoms with van der Waals surface area (Å²) in [5.74, 6) is 0.637. The van der Waals surface area contributed by atoms with Gasteiger partial charge in [0.25, 0.3) is 0 Å². The average molecular weight is 292 g/mol. The smallest absolute Gasteiger partial charge is 0.216 e. The van der Waals surface area contributed by atoms with E-state index in [2.05, 4.69) is 0 Å². The van der Waals surface area contributed by atoms with Crippen LogP contribution >= 0.6 is 11.6 Å². The molecule has 0 N–H and O–H groups in total. The first kappa shape index (κ1) is 15.3. The van der Waals surface area contributed by atoms with Crippen LogP contribution < -0.4 is 4.74 Å². The quantitative estimate of drug-likeness (QED) is 0.808. The zero-order valence-corrected chi connectivity index (χ0v) is 12.3. The maximum Gasteiger partial charge on any atom is 0.216 e. The van der Waals surface area contributed by atoms with Gasteiger partial charge in [-0.25, -0.2) is 12.7 Å². The highest BCUT2D eigenvalue weighted by Crippen LogP contribution is 2.17. The molecule has 0 aliphatic heterocycles. The van der Waals surface area contributed by atoms with Crippen molar-refractivity contribution in [2.45, 2.75) is 19.1 Å². The minimum absolute atomic E-state index is 0.294. The maximum absolute atomic E-state index is 11.8. The lowest BCUT2D eigenvalue weighted by Crippen LogP contribution is -2.35. The van der Waals surface area contributed by atoms with E-state index in [1.807, 2.05) is 0 Å². The van der Waals surface area contributed by atoms with Crippen molar-refractivity contribution in [3.8, 4) is 5.75 Å². The number of hydrogen-bond acceptors (Lipinski definition) is 3. The average Bonchev–Trinajstić information content (AvgIpc) is 2.28. The molecular formula is C12H18ClNO3S. The van der Waals surface area contributed by atoms with Gasteiger partial charge in [0, 0.05) is 18.6 Å². The van der Waals surface area contributed by atoms with Crippen LogP contribution in [0.3, 0.4) is 0 Å². The number of benzene rings is 1. The number of likely N-dealkylation sites (N-methyl/N-ethyl adjacent to an activating group) is 1. The Hall–Kier alpha value is -0.780. The molecule has 0 aliphatic rings. The Morgan fingerprint density at radius 1 is 1.39 bits per heavy atom. The lowest BCUT2D eigenvalue weighted by molar-refractivity contribution is 0.286. The molecule has 1 aromatic rings. The summed E-state index contributed by atoms with van der Waals surface area (Å²) in [5.41, 5.74) is 0. The third kappa shape index (κ3) is 4.15. The molecule has 0 saturated carbocycles. The van der Waals surface area contributed by atoms with Crippen LogP contribution in [-0.4, -0.2) is 38.2 Å². The van der Waals surface area contributed by atoms with E-state index < -0.39 is 15.3 Å². The van der Waals surface area contributed by atoms with Crippen molar-refractivity contribution in [2.75, 3.05) is 20.2 Å². The molecular weight excluding hydrogens is 274 g/mol. The first-order valence-electron chi connectivity index (χ1n) is 5.67. The first-order valence-corrected chi connectivity index (χ1v) is 7.55. The maximum atomic E-state index is 11.8. The molecule has 0 aliphatic carbocycles. The Bertz CT molecular complexity index is 488. The summed E-state index contributed by atoms with van der Waals surface area (Å²) in [6, 6.07) is 7.01. The molecule has 0 heterocycles. The summed E-state index contributed by atoms with van der Waals surface area (Å²) < 4.78 is 30.3. The summed E-state index contributed by atoms with van der Waals surface area (Å²) >= 11 is 5.81. The van der Waals surface area contributed by atoms with Crippen LogP contribution in [0.25, 0.3) is 0 Å². The second kappa shape index (κ2) is 6.41. The molecule has 4 nitrogen and oxygen atoms in total. The standard InChI is InChI=1S/C12H18ClNO3S/c1-10(2)18(15,16)14(3)7-8-17-12-6-4-5-11(13)9-12/h4-6,9-10H,7-8H2,1-3H3. The van der Waals surface area contributed by atoms with Gasteiger partial charge in [0.15, 0.2) is 0 Å². The second-order valence-corrected chi connectivity index (χ2v) is 7.25. The fraction of sp³-hybridized carbons (Fsp3) is 0.500. The van der Waals surface area contributed by atoms with Gasteiger partial charge in [0.1, 0.15) is 12.4 Å². The summed E-state index contributed by atoms with van der Waals surface area (Å²) in [6.45, 7) is 3.92. The Kier molecular flexibility index (Phi) is 5.44. The van der Waals surface area contributed by atoms with Crippen LogP contribution in [0.4, 0.5) is 0 Å². The van der Waals surface area contributed by atoms with Crippen molar-refractivity contribution in [3.63, 3.8) is 0 Å². The normalized spacial score (nSPS) is 12.1. The van der Waals surface area contributed by atoms with Gasteiger partial charge in [-0.3, -0.25) is 0 Å². The minimum atomic E-state index is -3.21. The topological polar surface area (TPSA) is 46.6 Å². The molecule has 0 saturated heterocycles. The number of nitrogens with zero attached hydrogens (tertiary/aromatic N) is 1. The highest BCUT2D eigenvalue weighted by atomic mass is 35.5. The van der Waals surface area contributed by atoms with Crippen molar-refractivity contribution < 1.29 is 13.2 Å². The van der Waals surface area contributed by atoms with Crippen molar-refractivity contribution in [1.82, 2.24) is 4.31 Å². The molecule has 0 fully saturated rings. The zero-order valence-electron chi connectivity index (χ0n) is 10.8. The fourth-order valence-corrected chi connectivity index (χ4v) is 2.57. The van der Waals surface area contributed by atoms with Gasteiger partial charge in [0.05, 0.1) is 5.25 Å². The Labute approximate surface area is 114 Å². The molecule has 102 valence electrons. The highest BCUT2D eigenvalue weighted by molar-refractivity contribution is 7.89. The highest BCUT2D eigenvalue weighted by Gasteiger charge is 2.21. The molecule has 0 amide bonds. The van der Waals surface area contributed by atoms with E-state index in [4.69, 9.17) is 16.3 Å².